The Balaban J connectivity index is 0.00000150. The predicted octanol–water partition coefficient (Wildman–Crippen LogP) is 1.60. The van der Waals surface area contributed by atoms with Crippen molar-refractivity contribution in [1.29, 1.82) is 0 Å². The summed E-state index contributed by atoms with van der Waals surface area (Å²) in [5, 5.41) is 16.7. The molecule has 1 fully saturated rings. The second-order valence-electron chi connectivity index (χ2n) is 6.66. The summed E-state index contributed by atoms with van der Waals surface area (Å²) in [7, 11) is 0. The van der Waals surface area contributed by atoms with Crippen LogP contribution in [0.15, 0.2) is 36.7 Å². The van der Waals surface area contributed by atoms with Crippen molar-refractivity contribution in [2.45, 2.75) is 6.92 Å². The van der Waals surface area contributed by atoms with Gasteiger partial charge in [-0.15, -0.1) is 29.9 Å². The summed E-state index contributed by atoms with van der Waals surface area (Å²) in [6.07, 6.45) is 3.57. The topological polar surface area (TPSA) is 88.0 Å². The van der Waals surface area contributed by atoms with E-state index in [1.165, 1.54) is 0 Å². The Morgan fingerprint density at radius 2 is 2.00 bits per heavy atom. The van der Waals surface area contributed by atoms with E-state index in [0.29, 0.717) is 12.2 Å². The van der Waals surface area contributed by atoms with Crippen molar-refractivity contribution < 1.29 is 4.79 Å². The number of benzene rings is 1. The van der Waals surface area contributed by atoms with Gasteiger partial charge in [0.25, 0.3) is 5.91 Å². The molecule has 0 saturated carbocycles. The molecule has 0 aliphatic carbocycles. The Morgan fingerprint density at radius 3 is 2.79 bits per heavy atom. The molecule has 1 aliphatic heterocycles. The molecule has 3 heterocycles. The van der Waals surface area contributed by atoms with E-state index >= 15 is 0 Å². The molecule has 10 heteroatoms. The molecule has 8 nitrogen and oxygen atoms in total. The first-order chi connectivity index (χ1) is 13.2. The van der Waals surface area contributed by atoms with Crippen LogP contribution >= 0.6 is 24.8 Å². The highest BCUT2D eigenvalue weighted by atomic mass is 35.5. The van der Waals surface area contributed by atoms with Crippen LogP contribution in [0.4, 0.5) is 0 Å². The molecule has 29 heavy (non-hydrogen) atoms. The minimum absolute atomic E-state index is 0. The lowest BCUT2D eigenvalue weighted by molar-refractivity contribution is 0.0941. The number of hydrogen-bond acceptors (Lipinski definition) is 6. The van der Waals surface area contributed by atoms with E-state index in [9.17, 15) is 4.79 Å². The van der Waals surface area contributed by atoms with Crippen molar-refractivity contribution in [3.05, 3.63) is 48.0 Å². The van der Waals surface area contributed by atoms with Crippen molar-refractivity contribution in [2.24, 2.45) is 0 Å². The largest absolute Gasteiger partial charge is 0.349 e. The van der Waals surface area contributed by atoms with Crippen molar-refractivity contribution in [3.63, 3.8) is 0 Å². The monoisotopic (exact) mass is 437 g/mol. The van der Waals surface area contributed by atoms with Crippen LogP contribution in [0.1, 0.15) is 16.2 Å². The van der Waals surface area contributed by atoms with Crippen LogP contribution in [0.5, 0.6) is 0 Å². The summed E-state index contributed by atoms with van der Waals surface area (Å²) < 4.78 is 1.72. The number of carbonyl (C=O) groups excluding carboxylic acids is 1. The Kier molecular flexibility index (Phi) is 8.33. The molecular weight excluding hydrogens is 413 g/mol. The molecule has 0 atom stereocenters. The summed E-state index contributed by atoms with van der Waals surface area (Å²) >= 11 is 0. The van der Waals surface area contributed by atoms with E-state index in [1.54, 1.807) is 10.9 Å². The lowest BCUT2D eigenvalue weighted by Gasteiger charge is -2.26. The van der Waals surface area contributed by atoms with Gasteiger partial charge < -0.3 is 10.6 Å². The lowest BCUT2D eigenvalue weighted by atomic mass is 10.1. The minimum atomic E-state index is -0.184. The van der Waals surface area contributed by atoms with E-state index in [1.807, 2.05) is 37.4 Å². The van der Waals surface area contributed by atoms with Crippen LogP contribution in [-0.4, -0.2) is 70.1 Å². The van der Waals surface area contributed by atoms with Gasteiger partial charge in [-0.1, -0.05) is 17.3 Å². The fraction of sp³-hybridized carbons (Fsp3) is 0.368. The summed E-state index contributed by atoms with van der Waals surface area (Å²) in [5.41, 5.74) is 1.97. The van der Waals surface area contributed by atoms with Gasteiger partial charge >= 0.3 is 0 Å². The van der Waals surface area contributed by atoms with Gasteiger partial charge in [-0.3, -0.25) is 14.7 Å². The fourth-order valence-electron chi connectivity index (χ4n) is 3.40. The van der Waals surface area contributed by atoms with Gasteiger partial charge in [-0.25, -0.2) is 4.68 Å². The number of hydrogen-bond donors (Lipinski definition) is 2. The molecule has 3 aromatic rings. The van der Waals surface area contributed by atoms with Gasteiger partial charge in [0.2, 0.25) is 0 Å². The number of aromatic nitrogens is 4. The molecule has 0 bridgehead atoms. The highest BCUT2D eigenvalue weighted by Gasteiger charge is 2.18. The Labute approximate surface area is 181 Å². The maximum Gasteiger partial charge on any atom is 0.273 e. The average molecular weight is 438 g/mol. The number of amides is 1. The van der Waals surface area contributed by atoms with Crippen molar-refractivity contribution in [1.82, 2.24) is 35.5 Å². The summed E-state index contributed by atoms with van der Waals surface area (Å²) in [4.78, 5) is 19.0. The first-order valence-corrected chi connectivity index (χ1v) is 9.21. The number of carbonyl (C=O) groups is 1. The highest BCUT2D eigenvalue weighted by molar-refractivity contribution is 5.94. The van der Waals surface area contributed by atoms with Crippen LogP contribution in [-0.2, 0) is 0 Å². The van der Waals surface area contributed by atoms with Crippen molar-refractivity contribution in [2.75, 3.05) is 39.3 Å². The highest BCUT2D eigenvalue weighted by Crippen LogP contribution is 2.22. The molecule has 1 aliphatic rings. The molecule has 1 saturated heterocycles. The number of pyridine rings is 1. The SMILES string of the molecule is Cc1c(C(=O)NCCN2CCNCC2)nnn1-c1cccc2cnccc12.Cl.Cl. The van der Waals surface area contributed by atoms with Gasteiger partial charge in [0.1, 0.15) is 0 Å². The molecular formula is C19H25Cl2N7O. The van der Waals surface area contributed by atoms with Crippen LogP contribution in [0.2, 0.25) is 0 Å². The first-order valence-electron chi connectivity index (χ1n) is 9.21. The normalized spacial score (nSPS) is 14.1. The number of rotatable bonds is 5. The molecule has 4 rings (SSSR count). The Bertz CT molecular complexity index is 951. The van der Waals surface area contributed by atoms with Crippen LogP contribution < -0.4 is 10.6 Å². The third-order valence-corrected chi connectivity index (χ3v) is 4.92. The van der Waals surface area contributed by atoms with Gasteiger partial charge in [0.15, 0.2) is 5.69 Å². The third kappa shape index (κ3) is 5.02. The maximum absolute atomic E-state index is 12.5. The van der Waals surface area contributed by atoms with Crippen LogP contribution in [0, 0.1) is 6.92 Å². The third-order valence-electron chi connectivity index (χ3n) is 4.92. The Hall–Kier alpha value is -2.26. The van der Waals surface area contributed by atoms with E-state index in [4.69, 9.17) is 0 Å². The zero-order chi connectivity index (χ0) is 18.6. The van der Waals surface area contributed by atoms with E-state index in [2.05, 4.69) is 30.8 Å². The first kappa shape index (κ1) is 23.0. The zero-order valence-corrected chi connectivity index (χ0v) is 17.8. The number of fused-ring (bicyclic) bond motifs is 1. The fourth-order valence-corrected chi connectivity index (χ4v) is 3.40. The van der Waals surface area contributed by atoms with E-state index in [-0.39, 0.29) is 30.7 Å². The molecule has 0 unspecified atom stereocenters. The summed E-state index contributed by atoms with van der Waals surface area (Å²) in [6, 6.07) is 7.87. The number of nitrogens with one attached hydrogen (secondary N) is 2. The maximum atomic E-state index is 12.5. The number of nitrogens with zero attached hydrogens (tertiary/aromatic N) is 5. The molecule has 1 aromatic carbocycles. The van der Waals surface area contributed by atoms with Crippen LogP contribution in [0.25, 0.3) is 16.5 Å². The van der Waals surface area contributed by atoms with E-state index < -0.39 is 0 Å². The van der Waals surface area contributed by atoms with Crippen molar-refractivity contribution in [3.8, 4) is 5.69 Å². The molecule has 156 valence electrons. The second kappa shape index (κ2) is 10.5. The summed E-state index contributed by atoms with van der Waals surface area (Å²) in [5.74, 6) is -0.184. The van der Waals surface area contributed by atoms with Crippen LogP contribution in [0.3, 0.4) is 0 Å². The van der Waals surface area contributed by atoms with E-state index in [0.717, 1.165) is 54.9 Å². The molecule has 2 N–H and O–H groups in total. The zero-order valence-electron chi connectivity index (χ0n) is 16.2. The van der Waals surface area contributed by atoms with Gasteiger partial charge in [0, 0.05) is 62.4 Å². The summed E-state index contributed by atoms with van der Waals surface area (Å²) in [6.45, 7) is 7.35. The van der Waals surface area contributed by atoms with Crippen molar-refractivity contribution >= 4 is 41.5 Å². The standard InChI is InChI=1S/C19H23N7O.2ClH/c1-14-18(19(27)22-9-12-25-10-7-20-8-11-25)23-24-26(14)17-4-2-3-15-13-21-6-5-16(15)17;;/h2-6,13,20H,7-12H2,1H3,(H,22,27);2*1H. The molecule has 2 aromatic heterocycles. The molecule has 0 spiro atoms. The van der Waals surface area contributed by atoms with Gasteiger partial charge in [-0.2, -0.15) is 0 Å². The van der Waals surface area contributed by atoms with Gasteiger partial charge in [0.05, 0.1) is 11.4 Å². The smallest absolute Gasteiger partial charge is 0.273 e. The Morgan fingerprint density at radius 1 is 1.21 bits per heavy atom. The quantitative estimate of drug-likeness (QED) is 0.630. The number of halogens is 2. The molecule has 0 radical (unpaired) electrons. The van der Waals surface area contributed by atoms with Gasteiger partial charge in [-0.05, 0) is 19.1 Å². The molecule has 1 amide bonds. The average Bonchev–Trinajstić information content (AvgIpc) is 3.09. The predicted molar refractivity (Wildman–Crippen MR) is 118 cm³/mol. The lowest BCUT2D eigenvalue weighted by Crippen LogP contribution is -2.46. The number of piperazine rings is 1. The second-order valence-corrected chi connectivity index (χ2v) is 6.66. The minimum Gasteiger partial charge on any atom is -0.349 e.